The molecule has 1 aromatic carbocycles. The van der Waals surface area contributed by atoms with E-state index in [1.54, 1.807) is 7.11 Å². The molecule has 4 nitrogen and oxygen atoms in total. The summed E-state index contributed by atoms with van der Waals surface area (Å²) in [4.78, 5) is 11.5. The normalized spacial score (nSPS) is 9.65. The smallest absolute Gasteiger partial charge is 0.238 e. The predicted octanol–water partition coefficient (Wildman–Crippen LogP) is 0.994. The van der Waals surface area contributed by atoms with Crippen LogP contribution in [-0.4, -0.2) is 26.1 Å². The van der Waals surface area contributed by atoms with Crippen molar-refractivity contribution in [2.45, 2.75) is 6.61 Å². The van der Waals surface area contributed by atoms with Crippen LogP contribution in [-0.2, 0) is 16.1 Å². The van der Waals surface area contributed by atoms with Crippen molar-refractivity contribution in [1.29, 1.82) is 0 Å². The van der Waals surface area contributed by atoms with Gasteiger partial charge < -0.3 is 10.1 Å². The molecule has 0 unspecified atom stereocenters. The van der Waals surface area contributed by atoms with Gasteiger partial charge in [0.15, 0.2) is 0 Å². The van der Waals surface area contributed by atoms with Crippen LogP contribution in [0, 0.1) is 12.3 Å². The van der Waals surface area contributed by atoms with Gasteiger partial charge in [-0.2, -0.15) is 0 Å². The molecule has 0 aliphatic rings. The first-order chi connectivity index (χ1) is 8.26. The van der Waals surface area contributed by atoms with Crippen molar-refractivity contribution in [2.75, 3.05) is 25.5 Å². The van der Waals surface area contributed by atoms with Crippen molar-refractivity contribution in [3.05, 3.63) is 29.8 Å². The summed E-state index contributed by atoms with van der Waals surface area (Å²) < 4.78 is 5.02. The molecule has 0 radical (unpaired) electrons. The summed E-state index contributed by atoms with van der Waals surface area (Å²) in [5.74, 6) is 2.29. The number of ether oxygens (including phenoxy) is 1. The SMILES string of the molecule is C#CCNCC(=O)Nc1cccc(COC)c1. The Labute approximate surface area is 101 Å². The van der Waals surface area contributed by atoms with Gasteiger partial charge in [-0.25, -0.2) is 0 Å². The molecule has 0 saturated heterocycles. The second-order valence-electron chi connectivity index (χ2n) is 3.49. The van der Waals surface area contributed by atoms with E-state index >= 15 is 0 Å². The second kappa shape index (κ2) is 7.44. The Balaban J connectivity index is 2.47. The van der Waals surface area contributed by atoms with Crippen LogP contribution < -0.4 is 10.6 Å². The average molecular weight is 232 g/mol. The van der Waals surface area contributed by atoms with Gasteiger partial charge >= 0.3 is 0 Å². The summed E-state index contributed by atoms with van der Waals surface area (Å²) in [5, 5.41) is 5.60. The number of anilines is 1. The van der Waals surface area contributed by atoms with Gasteiger partial charge in [0.05, 0.1) is 19.7 Å². The van der Waals surface area contributed by atoms with Crippen molar-refractivity contribution in [1.82, 2.24) is 5.32 Å². The van der Waals surface area contributed by atoms with Crippen LogP contribution in [0.2, 0.25) is 0 Å². The zero-order valence-electron chi connectivity index (χ0n) is 9.82. The molecule has 2 N–H and O–H groups in total. The van der Waals surface area contributed by atoms with Gasteiger partial charge in [-0.05, 0) is 17.7 Å². The highest BCUT2D eigenvalue weighted by Crippen LogP contribution is 2.10. The molecule has 0 bridgehead atoms. The zero-order valence-corrected chi connectivity index (χ0v) is 9.82. The number of hydrogen-bond acceptors (Lipinski definition) is 3. The van der Waals surface area contributed by atoms with E-state index in [2.05, 4.69) is 16.6 Å². The van der Waals surface area contributed by atoms with Gasteiger partial charge in [0.2, 0.25) is 5.91 Å². The first kappa shape index (κ1) is 13.2. The van der Waals surface area contributed by atoms with E-state index in [1.807, 2.05) is 24.3 Å². The summed E-state index contributed by atoms with van der Waals surface area (Å²) in [6.07, 6.45) is 5.06. The topological polar surface area (TPSA) is 50.4 Å². The molecule has 0 fully saturated rings. The minimum atomic E-state index is -0.116. The molecule has 17 heavy (non-hydrogen) atoms. The molecule has 1 amide bonds. The number of amides is 1. The van der Waals surface area contributed by atoms with Crippen molar-refractivity contribution in [3.63, 3.8) is 0 Å². The maximum Gasteiger partial charge on any atom is 0.238 e. The maximum atomic E-state index is 11.5. The fourth-order valence-electron chi connectivity index (χ4n) is 1.36. The van der Waals surface area contributed by atoms with E-state index in [4.69, 9.17) is 11.2 Å². The molecule has 1 rings (SSSR count). The number of methoxy groups -OCH3 is 1. The van der Waals surface area contributed by atoms with E-state index in [1.165, 1.54) is 0 Å². The number of carbonyl (C=O) groups is 1. The fourth-order valence-corrected chi connectivity index (χ4v) is 1.36. The standard InChI is InChI=1S/C13H16N2O2/c1-3-7-14-9-13(16)15-12-6-4-5-11(8-12)10-17-2/h1,4-6,8,14H,7,9-10H2,2H3,(H,15,16). The molecule has 1 aromatic rings. The third-order valence-corrected chi connectivity index (χ3v) is 2.03. The lowest BCUT2D eigenvalue weighted by molar-refractivity contribution is -0.115. The average Bonchev–Trinajstić information content (AvgIpc) is 2.30. The van der Waals surface area contributed by atoms with Crippen molar-refractivity contribution < 1.29 is 9.53 Å². The maximum absolute atomic E-state index is 11.5. The number of benzene rings is 1. The van der Waals surface area contributed by atoms with Crippen molar-refractivity contribution in [2.24, 2.45) is 0 Å². The third kappa shape index (κ3) is 5.16. The summed E-state index contributed by atoms with van der Waals surface area (Å²) >= 11 is 0. The Hall–Kier alpha value is -1.83. The van der Waals surface area contributed by atoms with Gasteiger partial charge in [0, 0.05) is 12.8 Å². The Kier molecular flexibility index (Phi) is 5.80. The van der Waals surface area contributed by atoms with Gasteiger partial charge in [-0.3, -0.25) is 10.1 Å². The molecule has 0 aliphatic heterocycles. The van der Waals surface area contributed by atoms with Gasteiger partial charge in [-0.15, -0.1) is 6.42 Å². The van der Waals surface area contributed by atoms with Gasteiger partial charge in [0.25, 0.3) is 0 Å². The fraction of sp³-hybridized carbons (Fsp3) is 0.308. The predicted molar refractivity (Wildman–Crippen MR) is 67.5 cm³/mol. The molecule has 0 atom stereocenters. The lowest BCUT2D eigenvalue weighted by Gasteiger charge is -2.07. The van der Waals surface area contributed by atoms with Crippen LogP contribution in [0.3, 0.4) is 0 Å². The Morgan fingerprint density at radius 1 is 1.53 bits per heavy atom. The lowest BCUT2D eigenvalue weighted by atomic mass is 10.2. The van der Waals surface area contributed by atoms with E-state index < -0.39 is 0 Å². The minimum absolute atomic E-state index is 0.116. The largest absolute Gasteiger partial charge is 0.380 e. The number of terminal acetylenes is 1. The van der Waals surface area contributed by atoms with Gasteiger partial charge in [0.1, 0.15) is 0 Å². The molecule has 0 heterocycles. The lowest BCUT2D eigenvalue weighted by Crippen LogP contribution is -2.28. The first-order valence-electron chi connectivity index (χ1n) is 5.28. The Morgan fingerprint density at radius 2 is 2.35 bits per heavy atom. The number of rotatable bonds is 6. The zero-order chi connectivity index (χ0) is 12.5. The van der Waals surface area contributed by atoms with Crippen molar-refractivity contribution in [3.8, 4) is 12.3 Å². The van der Waals surface area contributed by atoms with Crippen LogP contribution in [0.25, 0.3) is 0 Å². The van der Waals surface area contributed by atoms with E-state index in [9.17, 15) is 4.79 Å². The summed E-state index contributed by atoms with van der Waals surface area (Å²) in [6, 6.07) is 7.52. The third-order valence-electron chi connectivity index (χ3n) is 2.03. The molecule has 0 spiro atoms. The number of hydrogen-bond donors (Lipinski definition) is 2. The number of carbonyl (C=O) groups excluding carboxylic acids is 1. The van der Waals surface area contributed by atoms with Crippen LogP contribution in [0.5, 0.6) is 0 Å². The highest BCUT2D eigenvalue weighted by Gasteiger charge is 2.01. The van der Waals surface area contributed by atoms with Crippen LogP contribution in [0.1, 0.15) is 5.56 Å². The van der Waals surface area contributed by atoms with Gasteiger partial charge in [-0.1, -0.05) is 18.1 Å². The summed E-state index contributed by atoms with van der Waals surface area (Å²) in [5.41, 5.74) is 1.77. The molecular weight excluding hydrogens is 216 g/mol. The number of nitrogens with one attached hydrogen (secondary N) is 2. The summed E-state index contributed by atoms with van der Waals surface area (Å²) in [7, 11) is 1.63. The first-order valence-corrected chi connectivity index (χ1v) is 5.28. The Bertz CT molecular complexity index is 410. The minimum Gasteiger partial charge on any atom is -0.380 e. The molecule has 0 aromatic heterocycles. The van der Waals surface area contributed by atoms with E-state index in [0.29, 0.717) is 13.2 Å². The molecular formula is C13H16N2O2. The van der Waals surface area contributed by atoms with Crippen molar-refractivity contribution >= 4 is 11.6 Å². The van der Waals surface area contributed by atoms with Crippen LogP contribution >= 0.6 is 0 Å². The highest BCUT2D eigenvalue weighted by molar-refractivity contribution is 5.92. The molecule has 90 valence electrons. The molecule has 0 saturated carbocycles. The molecule has 4 heteroatoms. The quantitative estimate of drug-likeness (QED) is 0.568. The monoisotopic (exact) mass is 232 g/mol. The summed E-state index contributed by atoms with van der Waals surface area (Å²) in [6.45, 7) is 1.12. The van der Waals surface area contributed by atoms with Crippen LogP contribution in [0.4, 0.5) is 5.69 Å². The van der Waals surface area contributed by atoms with E-state index in [0.717, 1.165) is 11.3 Å². The molecule has 0 aliphatic carbocycles. The van der Waals surface area contributed by atoms with Crippen LogP contribution in [0.15, 0.2) is 24.3 Å². The highest BCUT2D eigenvalue weighted by atomic mass is 16.5. The van der Waals surface area contributed by atoms with E-state index in [-0.39, 0.29) is 12.5 Å². The Morgan fingerprint density at radius 3 is 3.06 bits per heavy atom. The second-order valence-corrected chi connectivity index (χ2v) is 3.49.